The molecule has 2 aromatic carbocycles. The summed E-state index contributed by atoms with van der Waals surface area (Å²) < 4.78 is 1.68. The van der Waals surface area contributed by atoms with Crippen LogP contribution in [-0.4, -0.2) is 154 Å². The molecule has 5 amide bonds. The van der Waals surface area contributed by atoms with Crippen LogP contribution in [-0.2, 0) is 4.79 Å². The Balaban J connectivity index is 2.22. The highest BCUT2D eigenvalue weighted by Crippen LogP contribution is 2.39. The van der Waals surface area contributed by atoms with Gasteiger partial charge in [-0.2, -0.15) is 5.01 Å². The lowest BCUT2D eigenvalue weighted by Crippen LogP contribution is -2.57. The van der Waals surface area contributed by atoms with Gasteiger partial charge in [-0.3, -0.25) is 28.3 Å². The van der Waals surface area contributed by atoms with E-state index in [2.05, 4.69) is 57.7 Å². The van der Waals surface area contributed by atoms with Gasteiger partial charge >= 0.3 is 0 Å². The number of carbonyl (C=O) groups is 5. The van der Waals surface area contributed by atoms with Crippen molar-refractivity contribution in [3.05, 3.63) is 61.5 Å². The minimum atomic E-state index is -2.39. The van der Waals surface area contributed by atoms with Gasteiger partial charge in [-0.15, -0.1) is 0 Å². The molecule has 19 nitrogen and oxygen atoms in total. The first kappa shape index (κ1) is 43.4. The van der Waals surface area contributed by atoms with Gasteiger partial charge in [0, 0.05) is 32.0 Å². The fraction of sp³-hybridized carbons (Fsp3) is 0.433. The minimum Gasteiger partial charge on any atom is -0.394 e. The van der Waals surface area contributed by atoms with Crippen LogP contribution in [0.3, 0.4) is 0 Å². The van der Waals surface area contributed by atoms with Crippen LogP contribution in [0, 0.1) is 0 Å². The number of aliphatic hydroxyl groups is 10. The quantitative estimate of drug-likeness (QED) is 0.0597. The maximum atomic E-state index is 14.3. The highest BCUT2D eigenvalue weighted by Gasteiger charge is 2.44. The van der Waals surface area contributed by atoms with Crippen molar-refractivity contribution in [1.82, 2.24) is 14.7 Å². The maximum Gasteiger partial charge on any atom is 0.281 e. The van der Waals surface area contributed by atoms with Gasteiger partial charge < -0.3 is 56.4 Å². The van der Waals surface area contributed by atoms with Gasteiger partial charge in [-0.1, -0.05) is 12.1 Å². The molecule has 1 aliphatic rings. The van der Waals surface area contributed by atoms with Gasteiger partial charge in [0.05, 0.1) is 53.3 Å². The Bertz CT molecular complexity index is 1650. The van der Waals surface area contributed by atoms with Crippen molar-refractivity contribution in [2.45, 2.75) is 68.2 Å². The van der Waals surface area contributed by atoms with Crippen LogP contribution in [0.1, 0.15) is 54.8 Å². The SMILES string of the molecule is CC(=O)N(c1cc(Br)c(C(=O)NBr)c(Br)c1C(=O)NC(CC(O)C(O)C(O)C(O)CO)C(O)C(O)C(O)C(O)CO)N1C(=O)c2ccccc2C1=O. The van der Waals surface area contributed by atoms with Crippen LogP contribution in [0.2, 0.25) is 0 Å². The summed E-state index contributed by atoms with van der Waals surface area (Å²) >= 11 is 9.11. The summed E-state index contributed by atoms with van der Waals surface area (Å²) in [5, 5.41) is 105. The van der Waals surface area contributed by atoms with E-state index < -0.39 is 115 Å². The van der Waals surface area contributed by atoms with Crippen molar-refractivity contribution < 1.29 is 75.0 Å². The lowest BCUT2D eigenvalue weighted by atomic mass is 9.91. The van der Waals surface area contributed by atoms with Crippen LogP contribution >= 0.6 is 48.0 Å². The van der Waals surface area contributed by atoms with Crippen LogP contribution in [0.5, 0.6) is 0 Å². The summed E-state index contributed by atoms with van der Waals surface area (Å²) in [5.41, 5.74) is -1.66. The number of rotatable bonds is 16. The first-order valence-corrected chi connectivity index (χ1v) is 17.4. The highest BCUT2D eigenvalue weighted by molar-refractivity contribution is 9.11. The Hall–Kier alpha value is -2.97. The van der Waals surface area contributed by atoms with Gasteiger partial charge in [0.25, 0.3) is 23.6 Å². The molecule has 0 saturated carbocycles. The van der Waals surface area contributed by atoms with Crippen LogP contribution in [0.25, 0.3) is 0 Å². The van der Waals surface area contributed by atoms with E-state index in [0.717, 1.165) is 13.0 Å². The molecule has 9 unspecified atom stereocenters. The highest BCUT2D eigenvalue weighted by atomic mass is 79.9. The molecule has 2 aromatic rings. The van der Waals surface area contributed by atoms with E-state index in [1.54, 1.807) is 0 Å². The number of amides is 5. The smallest absolute Gasteiger partial charge is 0.281 e. The van der Waals surface area contributed by atoms with E-state index in [1.165, 1.54) is 24.3 Å². The van der Waals surface area contributed by atoms with Crippen LogP contribution in [0.4, 0.5) is 5.69 Å². The Morgan fingerprint density at radius 1 is 0.750 bits per heavy atom. The fourth-order valence-electron chi connectivity index (χ4n) is 5.28. The normalized spacial score (nSPS) is 18.0. The van der Waals surface area contributed by atoms with Crippen molar-refractivity contribution in [1.29, 1.82) is 0 Å². The van der Waals surface area contributed by atoms with E-state index in [4.69, 9.17) is 5.11 Å². The topological polar surface area (TPSA) is 318 Å². The zero-order chi connectivity index (χ0) is 39.4. The van der Waals surface area contributed by atoms with Gasteiger partial charge in [-0.05, 0) is 56.5 Å². The molecule has 52 heavy (non-hydrogen) atoms. The minimum absolute atomic E-state index is 0.0833. The molecule has 12 N–H and O–H groups in total. The molecular formula is C30H35Br3N4O15. The number of benzene rings is 2. The van der Waals surface area contributed by atoms with E-state index >= 15 is 0 Å². The largest absolute Gasteiger partial charge is 0.394 e. The van der Waals surface area contributed by atoms with Crippen molar-refractivity contribution in [2.75, 3.05) is 18.2 Å². The molecule has 0 bridgehead atoms. The molecule has 9 atom stereocenters. The monoisotopic (exact) mass is 928 g/mol. The number of nitrogens with one attached hydrogen (secondary N) is 2. The first-order chi connectivity index (χ1) is 24.3. The zero-order valence-electron chi connectivity index (χ0n) is 26.7. The second-order valence-electron chi connectivity index (χ2n) is 11.5. The average Bonchev–Trinajstić information content (AvgIpc) is 3.36. The first-order valence-electron chi connectivity index (χ1n) is 15.0. The molecule has 1 aliphatic heterocycles. The van der Waals surface area contributed by atoms with Crippen molar-refractivity contribution in [3.8, 4) is 0 Å². The molecule has 3 rings (SSSR count). The Morgan fingerprint density at radius 3 is 1.69 bits per heavy atom. The third-order valence-electron chi connectivity index (χ3n) is 8.07. The fourth-order valence-corrected chi connectivity index (χ4v) is 7.12. The second-order valence-corrected chi connectivity index (χ2v) is 13.5. The van der Waals surface area contributed by atoms with E-state index in [0.29, 0.717) is 10.0 Å². The van der Waals surface area contributed by atoms with E-state index in [9.17, 15) is 69.9 Å². The number of anilines is 1. The van der Waals surface area contributed by atoms with Gasteiger partial charge in [0.1, 0.15) is 42.7 Å². The second kappa shape index (κ2) is 18.4. The number of fused-ring (bicyclic) bond motifs is 1. The number of hydrazine groups is 1. The lowest BCUT2D eigenvalue weighted by Gasteiger charge is -2.35. The predicted molar refractivity (Wildman–Crippen MR) is 186 cm³/mol. The standard InChI is InChI=1S/C30H35Br3N4O15/c1-10(40)36(37-29(51)11-4-2-3-5-12(11)30(37)52)15-6-13(31)19(28(50)35-33)21(32)20(15)27(49)34-14(22(44)26(48)25(47)18(43)9-39)7-16(41)23(45)24(46)17(42)8-38/h2-6,14,16-18,22-26,38-39,41-48H,7-9H2,1H3,(H,34,49)(H,35,50). The van der Waals surface area contributed by atoms with Gasteiger partial charge in [0.15, 0.2) is 0 Å². The van der Waals surface area contributed by atoms with Gasteiger partial charge in [0.2, 0.25) is 5.91 Å². The summed E-state index contributed by atoms with van der Waals surface area (Å²) in [7, 11) is 0. The van der Waals surface area contributed by atoms with Crippen LogP contribution in [0.15, 0.2) is 39.3 Å². The summed E-state index contributed by atoms with van der Waals surface area (Å²) in [6, 6.07) is 4.63. The summed E-state index contributed by atoms with van der Waals surface area (Å²) in [5.74, 6) is -5.16. The van der Waals surface area contributed by atoms with E-state index in [-0.39, 0.29) is 25.6 Å². The summed E-state index contributed by atoms with van der Waals surface area (Å²) in [6.45, 7) is -1.20. The average molecular weight is 931 g/mol. The van der Waals surface area contributed by atoms with Gasteiger partial charge in [-0.25, -0.2) is 5.01 Å². The van der Waals surface area contributed by atoms with Crippen molar-refractivity contribution in [2.24, 2.45) is 0 Å². The number of hydrogen-bond acceptors (Lipinski definition) is 15. The Morgan fingerprint density at radius 2 is 1.23 bits per heavy atom. The van der Waals surface area contributed by atoms with E-state index in [1.807, 2.05) is 0 Å². The lowest BCUT2D eigenvalue weighted by molar-refractivity contribution is -0.134. The molecular weight excluding hydrogens is 896 g/mol. The molecule has 0 spiro atoms. The zero-order valence-corrected chi connectivity index (χ0v) is 31.5. The van der Waals surface area contributed by atoms with Crippen LogP contribution < -0.4 is 14.7 Å². The Kier molecular flexibility index (Phi) is 15.4. The molecule has 0 fully saturated rings. The molecule has 22 heteroatoms. The predicted octanol–water partition coefficient (Wildman–Crippen LogP) is -2.82. The summed E-state index contributed by atoms with van der Waals surface area (Å²) in [6.07, 6.45) is -18.6. The Labute approximate surface area is 319 Å². The number of imide groups is 1. The maximum absolute atomic E-state index is 14.3. The summed E-state index contributed by atoms with van der Waals surface area (Å²) in [4.78, 5) is 67.4. The number of hydrogen-bond donors (Lipinski definition) is 12. The number of nitrogens with zero attached hydrogens (tertiary/aromatic N) is 2. The third-order valence-corrected chi connectivity index (χ3v) is 9.85. The molecule has 286 valence electrons. The molecule has 0 saturated heterocycles. The molecule has 0 radical (unpaired) electrons. The number of aliphatic hydroxyl groups excluding tert-OH is 10. The molecule has 0 aromatic heterocycles. The number of halogens is 3. The number of carbonyl (C=O) groups excluding carboxylic acids is 5. The molecule has 1 heterocycles. The molecule has 0 aliphatic carbocycles. The third kappa shape index (κ3) is 8.86. The van der Waals surface area contributed by atoms with Crippen molar-refractivity contribution >= 4 is 83.2 Å². The van der Waals surface area contributed by atoms with Crippen molar-refractivity contribution in [3.63, 3.8) is 0 Å².